The van der Waals surface area contributed by atoms with Gasteiger partial charge in [0.25, 0.3) is 17.7 Å². The van der Waals surface area contributed by atoms with Gasteiger partial charge in [-0.3, -0.25) is 9.59 Å². The van der Waals surface area contributed by atoms with E-state index in [4.69, 9.17) is 4.42 Å². The van der Waals surface area contributed by atoms with Crippen LogP contribution in [-0.4, -0.2) is 42.5 Å². The molecule has 0 atom stereocenters. The molecule has 0 aliphatic carbocycles. The number of alkyl halides is 5. The maximum atomic E-state index is 13.5. The molecule has 0 radical (unpaired) electrons. The molecular weight excluding hydrogens is 540 g/mol. The normalized spacial score (nSPS) is 12.0. The number of rotatable bonds is 8. The van der Waals surface area contributed by atoms with Crippen LogP contribution < -0.4 is 10.6 Å². The zero-order valence-electron chi connectivity index (χ0n) is 21.3. The molecule has 0 unspecified atom stereocenters. The number of amides is 2. The molecule has 0 aliphatic heterocycles. The number of nitrogens with one attached hydrogen (secondary N) is 2. The Morgan fingerprint density at radius 1 is 0.950 bits per heavy atom. The van der Waals surface area contributed by atoms with Crippen LogP contribution in [0, 0.1) is 5.82 Å². The van der Waals surface area contributed by atoms with Crippen LogP contribution in [0.1, 0.15) is 39.8 Å². The topological polar surface area (TPSA) is 84.2 Å². The van der Waals surface area contributed by atoms with Gasteiger partial charge < -0.3 is 15.1 Å². The van der Waals surface area contributed by atoms with E-state index < -0.39 is 49.1 Å². The summed E-state index contributed by atoms with van der Waals surface area (Å²) in [6.07, 6.45) is -6.26. The molecule has 2 aromatic heterocycles. The van der Waals surface area contributed by atoms with Gasteiger partial charge in [0, 0.05) is 37.1 Å². The lowest BCUT2D eigenvalue weighted by Crippen LogP contribution is -2.34. The van der Waals surface area contributed by atoms with Gasteiger partial charge in [-0.2, -0.15) is 13.2 Å². The highest BCUT2D eigenvalue weighted by molar-refractivity contribution is 6.11. The van der Waals surface area contributed by atoms with E-state index in [-0.39, 0.29) is 44.8 Å². The average molecular weight is 563 g/mol. The molecule has 4 rings (SSSR count). The molecule has 0 saturated carbocycles. The number of furan rings is 1. The van der Waals surface area contributed by atoms with Gasteiger partial charge in [0.2, 0.25) is 5.71 Å². The van der Waals surface area contributed by atoms with E-state index in [9.17, 15) is 35.9 Å². The summed E-state index contributed by atoms with van der Waals surface area (Å²) in [5.74, 6) is -5.02. The monoisotopic (exact) mass is 563 g/mol. The highest BCUT2D eigenvalue weighted by Gasteiger charge is 2.29. The van der Waals surface area contributed by atoms with Crippen molar-refractivity contribution in [2.75, 3.05) is 13.6 Å². The van der Waals surface area contributed by atoms with Crippen molar-refractivity contribution in [2.24, 2.45) is 0 Å². The summed E-state index contributed by atoms with van der Waals surface area (Å²) in [6, 6.07) is 12.2. The van der Waals surface area contributed by atoms with E-state index in [2.05, 4.69) is 15.6 Å². The Hall–Kier alpha value is -4.35. The number of aromatic nitrogens is 1. The third-order valence-corrected chi connectivity index (χ3v) is 5.96. The van der Waals surface area contributed by atoms with Crippen LogP contribution in [0.25, 0.3) is 33.6 Å². The average Bonchev–Trinajstić information content (AvgIpc) is 3.27. The predicted molar refractivity (Wildman–Crippen MR) is 136 cm³/mol. The molecule has 2 heterocycles. The van der Waals surface area contributed by atoms with E-state index >= 15 is 0 Å². The number of aryl methyl sites for hydroxylation is 1. The fourth-order valence-corrected chi connectivity index (χ4v) is 4.08. The van der Waals surface area contributed by atoms with Crippen LogP contribution >= 0.6 is 0 Å². The summed E-state index contributed by atoms with van der Waals surface area (Å²) in [7, 11) is 1.38. The second kappa shape index (κ2) is 11.0. The Balaban J connectivity index is 1.89. The van der Waals surface area contributed by atoms with Crippen molar-refractivity contribution in [1.29, 1.82) is 0 Å². The highest BCUT2D eigenvalue weighted by atomic mass is 19.4. The fourth-order valence-electron chi connectivity index (χ4n) is 4.08. The van der Waals surface area contributed by atoms with Crippen LogP contribution in [0.3, 0.4) is 0 Å². The summed E-state index contributed by atoms with van der Waals surface area (Å²) >= 11 is 0. The number of hydrogen-bond donors (Lipinski definition) is 2. The summed E-state index contributed by atoms with van der Waals surface area (Å²) in [4.78, 5) is 29.7. The largest absolute Gasteiger partial charge is 0.437 e. The van der Waals surface area contributed by atoms with Gasteiger partial charge in [0.1, 0.15) is 11.6 Å². The molecule has 210 valence electrons. The van der Waals surface area contributed by atoms with E-state index in [1.165, 1.54) is 49.5 Å². The summed E-state index contributed by atoms with van der Waals surface area (Å²) in [5, 5.41) is 4.77. The van der Waals surface area contributed by atoms with Gasteiger partial charge in [-0.15, -0.1) is 0 Å². The zero-order valence-corrected chi connectivity index (χ0v) is 21.3. The Morgan fingerprint density at radius 3 is 2.27 bits per heavy atom. The third-order valence-electron chi connectivity index (χ3n) is 5.96. The van der Waals surface area contributed by atoms with Crippen molar-refractivity contribution in [3.63, 3.8) is 0 Å². The van der Waals surface area contributed by atoms with Crippen molar-refractivity contribution in [3.05, 3.63) is 77.2 Å². The van der Waals surface area contributed by atoms with E-state index in [0.29, 0.717) is 12.5 Å². The molecule has 0 bridgehead atoms. The first-order valence-electron chi connectivity index (χ1n) is 12.0. The van der Waals surface area contributed by atoms with E-state index in [0.717, 1.165) is 12.1 Å². The second-order valence-corrected chi connectivity index (χ2v) is 9.18. The minimum atomic E-state index is -4.50. The number of halogens is 6. The summed E-state index contributed by atoms with van der Waals surface area (Å²) < 4.78 is 85.3. The number of pyridine rings is 1. The number of carbonyl (C=O) groups is 2. The van der Waals surface area contributed by atoms with Crippen LogP contribution in [0.2, 0.25) is 0 Å². The molecule has 0 saturated heterocycles. The Kier molecular flexibility index (Phi) is 7.90. The number of fused-ring (bicyclic) bond motifs is 1. The van der Waals surface area contributed by atoms with Crippen molar-refractivity contribution in [3.8, 4) is 22.5 Å². The number of hydrogen-bond acceptors (Lipinski definition) is 4. The lowest BCUT2D eigenvalue weighted by atomic mass is 9.96. The molecule has 2 aromatic carbocycles. The maximum Gasteiger partial charge on any atom is 0.389 e. The summed E-state index contributed by atoms with van der Waals surface area (Å²) in [6.45, 7) is -0.260. The molecule has 2 amide bonds. The van der Waals surface area contributed by atoms with E-state index in [1.54, 1.807) is 0 Å². The molecule has 6 nitrogen and oxygen atoms in total. The van der Waals surface area contributed by atoms with Crippen molar-refractivity contribution < 1.29 is 40.3 Å². The Labute approximate surface area is 224 Å². The van der Waals surface area contributed by atoms with E-state index in [1.807, 2.05) is 0 Å². The lowest BCUT2D eigenvalue weighted by Gasteiger charge is -2.13. The molecule has 4 aromatic rings. The SMILES string of the molecule is CNC(=O)c1c(-c2ccc(F)cc2)oc2nc(CCC(F)(F)F)c(-c3cccc(C(=O)NCC(C)(F)F)c3)cc12. The van der Waals surface area contributed by atoms with Crippen molar-refractivity contribution >= 4 is 22.9 Å². The Morgan fingerprint density at radius 2 is 1.65 bits per heavy atom. The van der Waals surface area contributed by atoms with Crippen LogP contribution in [-0.2, 0) is 6.42 Å². The van der Waals surface area contributed by atoms with Gasteiger partial charge in [-0.1, -0.05) is 12.1 Å². The molecule has 0 spiro atoms. The second-order valence-electron chi connectivity index (χ2n) is 9.18. The standard InChI is InChI=1S/C28H23F6N3O3/c1-27(30,31)14-36-24(38)17-5-3-4-16(12-17)19-13-20-22(25(39)35-2)23(15-6-8-18(29)9-7-15)40-26(20)37-21(19)10-11-28(32,33)34/h3-9,12-13H,10-11,14H2,1-2H3,(H,35,39)(H,36,38). The van der Waals surface area contributed by atoms with Crippen LogP contribution in [0.4, 0.5) is 26.3 Å². The fraction of sp³-hybridized carbons (Fsp3) is 0.250. The smallest absolute Gasteiger partial charge is 0.389 e. The minimum Gasteiger partial charge on any atom is -0.437 e. The van der Waals surface area contributed by atoms with Gasteiger partial charge >= 0.3 is 6.18 Å². The maximum absolute atomic E-state index is 13.5. The first-order valence-corrected chi connectivity index (χ1v) is 12.0. The first-order chi connectivity index (χ1) is 18.8. The number of benzene rings is 2. The first kappa shape index (κ1) is 28.7. The van der Waals surface area contributed by atoms with Crippen molar-refractivity contribution in [1.82, 2.24) is 15.6 Å². The third kappa shape index (κ3) is 6.61. The van der Waals surface area contributed by atoms with Gasteiger partial charge in [0.05, 0.1) is 23.2 Å². The van der Waals surface area contributed by atoms with Gasteiger partial charge in [-0.25, -0.2) is 18.2 Å². The Bertz CT molecular complexity index is 1560. The predicted octanol–water partition coefficient (Wildman–Crippen LogP) is 6.54. The highest BCUT2D eigenvalue weighted by Crippen LogP contribution is 2.37. The zero-order chi connectivity index (χ0) is 29.2. The number of nitrogens with zero attached hydrogens (tertiary/aromatic N) is 1. The molecular formula is C28H23F6N3O3. The number of carbonyl (C=O) groups excluding carboxylic acids is 2. The molecule has 0 aliphatic rings. The minimum absolute atomic E-state index is 0.00524. The van der Waals surface area contributed by atoms with Crippen molar-refractivity contribution in [2.45, 2.75) is 31.9 Å². The van der Waals surface area contributed by atoms with Gasteiger partial charge in [0.15, 0.2) is 0 Å². The van der Waals surface area contributed by atoms with Gasteiger partial charge in [-0.05, 0) is 54.4 Å². The molecule has 0 fully saturated rings. The molecule has 12 heteroatoms. The summed E-state index contributed by atoms with van der Waals surface area (Å²) in [5.41, 5.74) is 0.679. The molecule has 2 N–H and O–H groups in total. The lowest BCUT2D eigenvalue weighted by molar-refractivity contribution is -0.134. The van der Waals surface area contributed by atoms with Crippen LogP contribution in [0.5, 0.6) is 0 Å². The molecule has 40 heavy (non-hydrogen) atoms. The van der Waals surface area contributed by atoms with Crippen LogP contribution in [0.15, 0.2) is 59.0 Å². The quantitative estimate of drug-likeness (QED) is 0.239.